The maximum Gasteiger partial charge on any atom is 0.247 e. The summed E-state index contributed by atoms with van der Waals surface area (Å²) >= 11 is 6.07. The van der Waals surface area contributed by atoms with E-state index in [1.807, 2.05) is 12.1 Å². The molecule has 4 aliphatic rings. The third kappa shape index (κ3) is 6.73. The number of piperidine rings is 1. The van der Waals surface area contributed by atoms with Gasteiger partial charge in [-0.2, -0.15) is 0 Å². The number of methoxy groups -OCH3 is 1. The number of ether oxygens (including phenoxy) is 2. The van der Waals surface area contributed by atoms with E-state index in [4.69, 9.17) is 25.9 Å². The third-order valence-electron chi connectivity index (χ3n) is 9.53. The summed E-state index contributed by atoms with van der Waals surface area (Å²) in [6.07, 6.45) is 8.54. The highest BCUT2D eigenvalue weighted by Gasteiger charge is 2.38. The molecular formula is C34H39ClFN7O4. The van der Waals surface area contributed by atoms with E-state index in [1.165, 1.54) is 31.3 Å². The predicted molar refractivity (Wildman–Crippen MR) is 179 cm³/mol. The fourth-order valence-corrected chi connectivity index (χ4v) is 7.38. The summed E-state index contributed by atoms with van der Waals surface area (Å²) in [5, 5.41) is 8.09. The number of fused-ring (bicyclic) bond motifs is 2. The topological polar surface area (TPSA) is 104 Å². The van der Waals surface area contributed by atoms with Gasteiger partial charge in [-0.1, -0.05) is 24.2 Å². The molecule has 1 aromatic heterocycles. The quantitative estimate of drug-likeness (QED) is 0.271. The van der Waals surface area contributed by atoms with Gasteiger partial charge in [0.05, 0.1) is 54.1 Å². The molecule has 0 saturated carbocycles. The summed E-state index contributed by atoms with van der Waals surface area (Å²) in [6, 6.07) is 10.6. The van der Waals surface area contributed by atoms with Crippen molar-refractivity contribution in [2.24, 2.45) is 0 Å². The zero-order valence-electron chi connectivity index (χ0n) is 26.3. The average molecular weight is 664 g/mol. The number of hydrogen-bond donors (Lipinski definition) is 2. The summed E-state index contributed by atoms with van der Waals surface area (Å²) in [4.78, 5) is 32.3. The van der Waals surface area contributed by atoms with Crippen LogP contribution >= 0.6 is 11.6 Å². The van der Waals surface area contributed by atoms with E-state index in [2.05, 4.69) is 37.0 Å². The predicted octanol–water partition coefficient (Wildman–Crippen LogP) is 5.86. The van der Waals surface area contributed by atoms with Crippen molar-refractivity contribution < 1.29 is 23.5 Å². The van der Waals surface area contributed by atoms with Crippen molar-refractivity contribution in [3.63, 3.8) is 0 Å². The second kappa shape index (κ2) is 13.6. The summed E-state index contributed by atoms with van der Waals surface area (Å²) in [5.74, 6) is 0.844. The van der Waals surface area contributed by atoms with Gasteiger partial charge in [0, 0.05) is 50.8 Å². The zero-order valence-corrected chi connectivity index (χ0v) is 27.1. The van der Waals surface area contributed by atoms with Crippen molar-refractivity contribution in [1.29, 1.82) is 0 Å². The summed E-state index contributed by atoms with van der Waals surface area (Å²) in [7, 11) is 1.62. The molecule has 3 atom stereocenters. The zero-order chi connectivity index (χ0) is 32.5. The molecule has 248 valence electrons. The van der Waals surface area contributed by atoms with Gasteiger partial charge in [-0.3, -0.25) is 14.5 Å². The maximum absolute atomic E-state index is 13.8. The van der Waals surface area contributed by atoms with Crippen molar-refractivity contribution in [2.75, 3.05) is 60.5 Å². The lowest BCUT2D eigenvalue weighted by Gasteiger charge is -2.43. The molecule has 13 heteroatoms. The number of anilines is 5. The number of hydrogen-bond acceptors (Lipinski definition) is 10. The van der Waals surface area contributed by atoms with Crippen molar-refractivity contribution in [1.82, 2.24) is 14.9 Å². The van der Waals surface area contributed by atoms with Gasteiger partial charge in [0.1, 0.15) is 23.7 Å². The number of aromatic nitrogens is 2. The largest absolute Gasteiger partial charge is 0.494 e. The lowest BCUT2D eigenvalue weighted by molar-refractivity contribution is -0.111. The van der Waals surface area contributed by atoms with Gasteiger partial charge in [0.2, 0.25) is 5.91 Å². The molecule has 7 rings (SSSR count). The number of hydroxylamine groups is 1. The van der Waals surface area contributed by atoms with Crippen LogP contribution < -0.4 is 25.3 Å². The standard InChI is InChI=1S/C34H39ClFN7O4/c1-3-34(44)40-27-15-28(31(45-2)16-30(27)41-11-8-22(9-12-41)42-18-23-5-6-24(19-42)47-23)39-32-17-33(38-20-37-32)43-29(10-13-46-43)21-4-7-26(36)25(35)14-21/h3-4,7,14-17,20,22-24,29H,1,5-6,8-13,18-19H2,2H3,(H,40,44)(H,37,38,39)/t23?,24?,29-/m1/s1. The number of morpholine rings is 1. The fraction of sp³-hybridized carbons (Fsp3) is 0.441. The first-order valence-electron chi connectivity index (χ1n) is 16.1. The van der Waals surface area contributed by atoms with E-state index < -0.39 is 5.82 Å². The molecule has 2 bridgehead atoms. The number of carbonyl (C=O) groups is 1. The van der Waals surface area contributed by atoms with Crippen molar-refractivity contribution in [3.8, 4) is 5.75 Å². The fourth-order valence-electron chi connectivity index (χ4n) is 7.19. The van der Waals surface area contributed by atoms with Crippen LogP contribution in [0.5, 0.6) is 5.75 Å². The Kier molecular flexibility index (Phi) is 9.17. The molecule has 47 heavy (non-hydrogen) atoms. The summed E-state index contributed by atoms with van der Waals surface area (Å²) in [6.45, 7) is 7.87. The smallest absolute Gasteiger partial charge is 0.247 e. The van der Waals surface area contributed by atoms with Crippen molar-refractivity contribution >= 4 is 46.2 Å². The van der Waals surface area contributed by atoms with Crippen LogP contribution in [0.4, 0.5) is 33.1 Å². The Morgan fingerprint density at radius 2 is 1.85 bits per heavy atom. The molecule has 2 aromatic carbocycles. The number of rotatable bonds is 9. The second-order valence-corrected chi connectivity index (χ2v) is 12.8. The Morgan fingerprint density at radius 1 is 1.06 bits per heavy atom. The number of halogens is 2. The van der Waals surface area contributed by atoms with E-state index in [9.17, 15) is 9.18 Å². The van der Waals surface area contributed by atoms with Crippen LogP contribution in [-0.2, 0) is 14.4 Å². The molecule has 5 heterocycles. The first-order valence-corrected chi connectivity index (χ1v) is 16.5. The normalized spacial score (nSPS) is 23.2. The van der Waals surface area contributed by atoms with Crippen LogP contribution in [0.2, 0.25) is 5.02 Å². The lowest BCUT2D eigenvalue weighted by Crippen LogP contribution is -2.51. The van der Waals surface area contributed by atoms with Crippen molar-refractivity contribution in [3.05, 3.63) is 71.8 Å². The number of likely N-dealkylation sites (tertiary alicyclic amines) is 1. The molecule has 4 saturated heterocycles. The van der Waals surface area contributed by atoms with Gasteiger partial charge in [-0.25, -0.2) is 19.4 Å². The Hall–Kier alpha value is -3.97. The Balaban J connectivity index is 1.11. The number of nitrogens with one attached hydrogen (secondary N) is 2. The highest BCUT2D eigenvalue weighted by Crippen LogP contribution is 2.41. The summed E-state index contributed by atoms with van der Waals surface area (Å²) < 4.78 is 25.7. The van der Waals surface area contributed by atoms with Gasteiger partial charge in [0.25, 0.3) is 0 Å². The molecule has 0 aliphatic carbocycles. The van der Waals surface area contributed by atoms with E-state index in [0.29, 0.717) is 60.0 Å². The third-order valence-corrected chi connectivity index (χ3v) is 9.82. The minimum atomic E-state index is -0.470. The monoisotopic (exact) mass is 663 g/mol. The molecule has 4 fully saturated rings. The van der Waals surface area contributed by atoms with Gasteiger partial charge < -0.3 is 25.0 Å². The minimum absolute atomic E-state index is 0.0578. The number of benzene rings is 2. The lowest BCUT2D eigenvalue weighted by atomic mass is 10.0. The first kappa shape index (κ1) is 31.6. The second-order valence-electron chi connectivity index (χ2n) is 12.4. The average Bonchev–Trinajstić information content (AvgIpc) is 3.72. The molecule has 0 radical (unpaired) electrons. The molecule has 1 amide bonds. The number of carbonyl (C=O) groups excluding carboxylic acids is 1. The summed E-state index contributed by atoms with van der Waals surface area (Å²) in [5.41, 5.74) is 2.97. The Bertz CT molecular complexity index is 1630. The molecule has 11 nitrogen and oxygen atoms in total. The minimum Gasteiger partial charge on any atom is -0.494 e. The van der Waals surface area contributed by atoms with E-state index in [-0.39, 0.29) is 17.0 Å². The SMILES string of the molecule is C=CC(=O)Nc1cc(Nc2cc(N3OCC[C@@H]3c3ccc(F)c(Cl)c3)ncn2)c(OC)cc1N1CCC(N2CC3CCC(C2)O3)CC1. The van der Waals surface area contributed by atoms with Gasteiger partial charge >= 0.3 is 0 Å². The van der Waals surface area contributed by atoms with Gasteiger partial charge in [0.15, 0.2) is 5.82 Å². The van der Waals surface area contributed by atoms with Crippen LogP contribution in [0.1, 0.15) is 43.7 Å². The number of amides is 1. The van der Waals surface area contributed by atoms with E-state index in [1.54, 1.807) is 30.4 Å². The molecule has 3 aromatic rings. The Labute approximate surface area is 278 Å². The van der Waals surface area contributed by atoms with E-state index in [0.717, 1.165) is 50.3 Å². The molecular weight excluding hydrogens is 625 g/mol. The van der Waals surface area contributed by atoms with E-state index >= 15 is 0 Å². The van der Waals surface area contributed by atoms with Crippen molar-refractivity contribution in [2.45, 2.75) is 56.4 Å². The highest BCUT2D eigenvalue weighted by molar-refractivity contribution is 6.30. The first-order chi connectivity index (χ1) is 22.9. The van der Waals surface area contributed by atoms with Crippen LogP contribution in [0.25, 0.3) is 0 Å². The molecule has 4 aliphatic heterocycles. The molecule has 2 unspecified atom stereocenters. The number of nitrogens with zero attached hydrogens (tertiary/aromatic N) is 5. The van der Waals surface area contributed by atoms with Crippen LogP contribution in [0, 0.1) is 5.82 Å². The van der Waals surface area contributed by atoms with Crippen LogP contribution in [0.3, 0.4) is 0 Å². The molecule has 2 N–H and O–H groups in total. The van der Waals surface area contributed by atoms with Crippen LogP contribution in [-0.4, -0.2) is 78.9 Å². The van der Waals surface area contributed by atoms with Gasteiger partial charge in [-0.05, 0) is 55.5 Å². The maximum atomic E-state index is 13.8. The van der Waals surface area contributed by atoms with Gasteiger partial charge in [-0.15, -0.1) is 0 Å². The molecule has 0 spiro atoms. The Morgan fingerprint density at radius 3 is 2.57 bits per heavy atom. The van der Waals surface area contributed by atoms with Crippen LogP contribution in [0.15, 0.2) is 55.4 Å². The highest BCUT2D eigenvalue weighted by atomic mass is 35.5.